The Bertz CT molecular complexity index is 470. The van der Waals surface area contributed by atoms with Crippen LogP contribution in [0.15, 0.2) is 18.2 Å². The van der Waals surface area contributed by atoms with Crippen LogP contribution in [0, 0.1) is 11.7 Å². The van der Waals surface area contributed by atoms with Gasteiger partial charge < -0.3 is 5.32 Å². The maximum atomic E-state index is 13.3. The zero-order chi connectivity index (χ0) is 14.7. The minimum absolute atomic E-state index is 0.237. The Morgan fingerprint density at radius 2 is 1.95 bits per heavy atom. The van der Waals surface area contributed by atoms with E-state index in [0.717, 1.165) is 37.7 Å². The highest BCUT2D eigenvalue weighted by atomic mass is 35.5. The Labute approximate surface area is 131 Å². The van der Waals surface area contributed by atoms with E-state index >= 15 is 0 Å². The third kappa shape index (κ3) is 3.97. The van der Waals surface area contributed by atoms with E-state index in [0.29, 0.717) is 6.04 Å². The van der Waals surface area contributed by atoms with Crippen molar-refractivity contribution in [1.82, 2.24) is 10.2 Å². The zero-order valence-corrected chi connectivity index (χ0v) is 13.2. The first-order chi connectivity index (χ1) is 10.2. The molecule has 2 aliphatic rings. The molecule has 1 aliphatic heterocycles. The fourth-order valence-electron chi connectivity index (χ4n) is 3.47. The molecular formula is C17H24ClFN2. The molecule has 116 valence electrons. The lowest BCUT2D eigenvalue weighted by molar-refractivity contribution is 0.109. The van der Waals surface area contributed by atoms with Gasteiger partial charge in [-0.3, -0.25) is 4.90 Å². The Morgan fingerprint density at radius 3 is 2.57 bits per heavy atom. The van der Waals surface area contributed by atoms with Crippen molar-refractivity contribution in [2.45, 2.75) is 44.7 Å². The minimum Gasteiger partial charge on any atom is -0.316 e. The summed E-state index contributed by atoms with van der Waals surface area (Å²) >= 11 is 5.92. The van der Waals surface area contributed by atoms with Crippen LogP contribution < -0.4 is 5.32 Å². The Morgan fingerprint density at radius 1 is 1.19 bits per heavy atom. The van der Waals surface area contributed by atoms with Crippen LogP contribution in [0.5, 0.6) is 0 Å². The summed E-state index contributed by atoms with van der Waals surface area (Å²) in [5, 5.41) is 3.59. The maximum absolute atomic E-state index is 13.3. The molecule has 1 heterocycles. The van der Waals surface area contributed by atoms with Crippen molar-refractivity contribution in [3.05, 3.63) is 34.6 Å². The van der Waals surface area contributed by atoms with Crippen molar-refractivity contribution in [3.63, 3.8) is 0 Å². The van der Waals surface area contributed by atoms with Crippen molar-refractivity contribution in [1.29, 1.82) is 0 Å². The van der Waals surface area contributed by atoms with Crippen molar-refractivity contribution < 1.29 is 4.39 Å². The molecule has 0 unspecified atom stereocenters. The highest BCUT2D eigenvalue weighted by Gasteiger charge is 2.26. The van der Waals surface area contributed by atoms with Crippen molar-refractivity contribution >= 4 is 11.6 Å². The zero-order valence-electron chi connectivity index (χ0n) is 12.5. The van der Waals surface area contributed by atoms with Gasteiger partial charge in [0.2, 0.25) is 0 Å². The smallest absolute Gasteiger partial charge is 0.141 e. The van der Waals surface area contributed by atoms with E-state index in [9.17, 15) is 4.39 Å². The quantitative estimate of drug-likeness (QED) is 0.889. The van der Waals surface area contributed by atoms with Crippen LogP contribution >= 0.6 is 11.6 Å². The fraction of sp³-hybridized carbons (Fsp3) is 0.647. The van der Waals surface area contributed by atoms with Gasteiger partial charge in [0.05, 0.1) is 5.02 Å². The van der Waals surface area contributed by atoms with Gasteiger partial charge >= 0.3 is 0 Å². The molecule has 1 N–H and O–H groups in total. The molecule has 2 fully saturated rings. The predicted octanol–water partition coefficient (Wildman–Crippen LogP) is 3.83. The summed E-state index contributed by atoms with van der Waals surface area (Å²) in [7, 11) is 0. The van der Waals surface area contributed by atoms with Gasteiger partial charge in [0, 0.05) is 32.2 Å². The van der Waals surface area contributed by atoms with E-state index in [4.69, 9.17) is 11.6 Å². The van der Waals surface area contributed by atoms with Crippen LogP contribution in [0.25, 0.3) is 0 Å². The van der Waals surface area contributed by atoms with E-state index in [-0.39, 0.29) is 10.8 Å². The van der Waals surface area contributed by atoms with Crippen LogP contribution in [0.4, 0.5) is 4.39 Å². The second kappa shape index (κ2) is 7.08. The number of nitrogens with zero attached hydrogens (tertiary/aromatic N) is 1. The second-order valence-corrected chi connectivity index (χ2v) is 6.90. The largest absolute Gasteiger partial charge is 0.316 e. The second-order valence-electron chi connectivity index (χ2n) is 6.49. The minimum atomic E-state index is -0.326. The number of rotatable bonds is 5. The van der Waals surface area contributed by atoms with Gasteiger partial charge in [0.25, 0.3) is 0 Å². The van der Waals surface area contributed by atoms with Gasteiger partial charge in [0.15, 0.2) is 0 Å². The summed E-state index contributed by atoms with van der Waals surface area (Å²) in [5.74, 6) is 0.440. The monoisotopic (exact) mass is 310 g/mol. The highest BCUT2D eigenvalue weighted by Crippen LogP contribution is 2.26. The predicted molar refractivity (Wildman–Crippen MR) is 85.1 cm³/mol. The number of nitrogens with one attached hydrogen (secondary N) is 1. The first-order valence-electron chi connectivity index (χ1n) is 8.11. The lowest BCUT2D eigenvalue weighted by atomic mass is 9.92. The molecule has 1 aromatic rings. The average molecular weight is 311 g/mol. The van der Waals surface area contributed by atoms with Crippen LogP contribution in [-0.2, 0) is 6.54 Å². The lowest BCUT2D eigenvalue weighted by Gasteiger charge is -2.39. The molecule has 2 nitrogen and oxygen atoms in total. The van der Waals surface area contributed by atoms with Crippen molar-refractivity contribution in [2.24, 2.45) is 5.92 Å². The Kier molecular flexibility index (Phi) is 5.15. The first-order valence-corrected chi connectivity index (χ1v) is 8.49. The number of hydrogen-bond donors (Lipinski definition) is 1. The van der Waals surface area contributed by atoms with Gasteiger partial charge in [-0.25, -0.2) is 4.39 Å². The molecule has 1 saturated carbocycles. The van der Waals surface area contributed by atoms with Crippen molar-refractivity contribution in [2.75, 3.05) is 19.6 Å². The Hall–Kier alpha value is -0.640. The topological polar surface area (TPSA) is 15.3 Å². The SMILES string of the molecule is Fc1ccc(CN(CC2CNC2)C2CCCCC2)cc1Cl. The summed E-state index contributed by atoms with van der Waals surface area (Å²) in [5.41, 5.74) is 1.12. The van der Waals surface area contributed by atoms with Crippen LogP contribution in [0.3, 0.4) is 0 Å². The molecule has 0 aromatic heterocycles. The molecule has 0 bridgehead atoms. The van der Waals surface area contributed by atoms with Gasteiger partial charge in [-0.05, 0) is 36.5 Å². The fourth-order valence-corrected chi connectivity index (χ4v) is 3.67. The lowest BCUT2D eigenvalue weighted by Crippen LogP contribution is -2.50. The van der Waals surface area contributed by atoms with Crippen LogP contribution in [0.1, 0.15) is 37.7 Å². The van der Waals surface area contributed by atoms with Gasteiger partial charge in [-0.2, -0.15) is 0 Å². The Balaban J connectivity index is 1.68. The normalized spacial score (nSPS) is 20.7. The molecule has 1 aliphatic carbocycles. The number of hydrogen-bond acceptors (Lipinski definition) is 2. The number of benzene rings is 1. The molecule has 0 atom stereocenters. The van der Waals surface area contributed by atoms with E-state index in [2.05, 4.69) is 10.2 Å². The third-order valence-corrected chi connectivity index (χ3v) is 5.11. The van der Waals surface area contributed by atoms with Gasteiger partial charge in [-0.1, -0.05) is 36.9 Å². The van der Waals surface area contributed by atoms with Gasteiger partial charge in [0.1, 0.15) is 5.82 Å². The summed E-state index contributed by atoms with van der Waals surface area (Å²) in [6.07, 6.45) is 6.66. The molecule has 0 radical (unpaired) electrons. The molecule has 0 spiro atoms. The first kappa shape index (κ1) is 15.3. The standard InChI is InChI=1S/C17H24ClFN2/c18-16-8-13(6-7-17(16)19)11-21(12-14-9-20-10-14)15-4-2-1-3-5-15/h6-8,14-15,20H,1-5,9-12H2. The summed E-state index contributed by atoms with van der Waals surface area (Å²) in [4.78, 5) is 2.61. The highest BCUT2D eigenvalue weighted by molar-refractivity contribution is 6.30. The van der Waals surface area contributed by atoms with Crippen LogP contribution in [-0.4, -0.2) is 30.6 Å². The summed E-state index contributed by atoms with van der Waals surface area (Å²) in [6.45, 7) is 4.30. The maximum Gasteiger partial charge on any atom is 0.141 e. The number of halogens is 2. The molecule has 4 heteroatoms. The van der Waals surface area contributed by atoms with Crippen molar-refractivity contribution in [3.8, 4) is 0 Å². The van der Waals surface area contributed by atoms with E-state index in [1.807, 2.05) is 6.07 Å². The molecule has 21 heavy (non-hydrogen) atoms. The summed E-state index contributed by atoms with van der Waals surface area (Å²) in [6, 6.07) is 5.83. The molecule has 0 amide bonds. The van der Waals surface area contributed by atoms with Gasteiger partial charge in [-0.15, -0.1) is 0 Å². The molecule has 1 aromatic carbocycles. The molecule has 3 rings (SSSR count). The van der Waals surface area contributed by atoms with E-state index in [1.165, 1.54) is 38.2 Å². The van der Waals surface area contributed by atoms with Crippen LogP contribution in [0.2, 0.25) is 5.02 Å². The third-order valence-electron chi connectivity index (χ3n) is 4.82. The average Bonchev–Trinajstić information content (AvgIpc) is 2.46. The van der Waals surface area contributed by atoms with E-state index in [1.54, 1.807) is 6.07 Å². The molecular weight excluding hydrogens is 287 g/mol. The van der Waals surface area contributed by atoms with E-state index < -0.39 is 0 Å². The summed E-state index contributed by atoms with van der Waals surface area (Å²) < 4.78 is 13.3. The molecule has 1 saturated heterocycles.